The Morgan fingerprint density at radius 3 is 2.59 bits per heavy atom. The van der Waals surface area contributed by atoms with E-state index in [0.29, 0.717) is 69.3 Å². The molecule has 2 atom stereocenters. The van der Waals surface area contributed by atoms with Crippen LogP contribution in [0, 0.1) is 29.0 Å². The van der Waals surface area contributed by atoms with Crippen LogP contribution < -0.4 is 16.0 Å². The predicted molar refractivity (Wildman–Crippen MR) is 231 cm³/mol. The number of thiazole rings is 1. The van der Waals surface area contributed by atoms with Crippen LogP contribution in [-0.4, -0.2) is 99.0 Å². The number of aromatic nitrogens is 4. The zero-order valence-corrected chi connectivity index (χ0v) is 35.6. The van der Waals surface area contributed by atoms with Crippen molar-refractivity contribution < 1.29 is 24.1 Å². The topological polar surface area (TPSA) is 175 Å². The van der Waals surface area contributed by atoms with Crippen molar-refractivity contribution in [2.75, 3.05) is 56.7 Å². The maximum absolute atomic E-state index is 14.4. The number of hydrogen-bond acceptors (Lipinski definition) is 13. The van der Waals surface area contributed by atoms with Gasteiger partial charge in [0.15, 0.2) is 22.5 Å². The molecule has 5 aliphatic rings. The molecule has 0 saturated heterocycles. The van der Waals surface area contributed by atoms with E-state index in [9.17, 15) is 19.4 Å². The number of nitrogens with two attached hydrogens (primary N) is 1. The van der Waals surface area contributed by atoms with Crippen molar-refractivity contribution in [3.05, 3.63) is 64.7 Å². The molecule has 1 aliphatic heterocycles. The summed E-state index contributed by atoms with van der Waals surface area (Å²) in [7, 11) is 2.08. The number of fused-ring (bicyclic) bond motifs is 2. The highest BCUT2D eigenvalue weighted by atomic mass is 32.1. The number of carboxylic acids is 1. The average molecular weight is 826 g/mol. The lowest BCUT2D eigenvalue weighted by molar-refractivity contribution is -0.242. The quantitative estimate of drug-likeness (QED) is 0.0863. The number of nitrogens with one attached hydrogen (secondary N) is 1. The van der Waals surface area contributed by atoms with Crippen LogP contribution >= 0.6 is 11.3 Å². The monoisotopic (exact) mass is 825 g/mol. The summed E-state index contributed by atoms with van der Waals surface area (Å²) in [5, 5.41) is 32.6. The minimum atomic E-state index is -1.16. The Bertz CT molecular complexity index is 2310. The van der Waals surface area contributed by atoms with E-state index < -0.39 is 5.97 Å². The van der Waals surface area contributed by atoms with Crippen LogP contribution in [0.3, 0.4) is 0 Å². The molecule has 5 N–H and O–H groups in total. The molecule has 4 saturated carbocycles. The van der Waals surface area contributed by atoms with Crippen molar-refractivity contribution >= 4 is 61.4 Å². The Balaban J connectivity index is 1.02. The zero-order valence-electron chi connectivity index (χ0n) is 34.8. The van der Waals surface area contributed by atoms with E-state index in [-0.39, 0.29) is 40.0 Å². The van der Waals surface area contributed by atoms with E-state index in [1.165, 1.54) is 30.0 Å². The van der Waals surface area contributed by atoms with E-state index in [0.717, 1.165) is 75.6 Å². The molecule has 4 fully saturated rings. The number of aromatic carboxylic acids is 1. The van der Waals surface area contributed by atoms with Gasteiger partial charge in [0.25, 0.3) is 0 Å². The molecule has 4 aromatic rings. The summed E-state index contributed by atoms with van der Waals surface area (Å²) in [6.45, 7) is 12.4. The molecule has 9 rings (SSSR count). The number of pyridine rings is 1. The molecule has 314 valence electrons. The first-order valence-electron chi connectivity index (χ1n) is 20.7. The number of carboxylic acid groups (broad SMARTS) is 1. The fourth-order valence-corrected chi connectivity index (χ4v) is 12.6. The van der Waals surface area contributed by atoms with Crippen LogP contribution in [0.15, 0.2) is 41.5 Å². The Hall–Kier alpha value is -4.57. The minimum absolute atomic E-state index is 0.0255. The van der Waals surface area contributed by atoms with Crippen molar-refractivity contribution in [3.8, 4) is 0 Å². The molecule has 15 heteroatoms. The van der Waals surface area contributed by atoms with Gasteiger partial charge in [-0.25, -0.2) is 19.2 Å². The van der Waals surface area contributed by atoms with Gasteiger partial charge in [-0.3, -0.25) is 4.99 Å². The minimum Gasteiger partial charge on any atom is -0.476 e. The Morgan fingerprint density at radius 2 is 1.88 bits per heavy atom. The van der Waals surface area contributed by atoms with E-state index in [4.69, 9.17) is 20.4 Å². The van der Waals surface area contributed by atoms with Crippen molar-refractivity contribution in [2.24, 2.45) is 27.0 Å². The van der Waals surface area contributed by atoms with E-state index in [1.807, 2.05) is 24.8 Å². The predicted octanol–water partition coefficient (Wildman–Crippen LogP) is 7.67. The van der Waals surface area contributed by atoms with Crippen molar-refractivity contribution in [3.63, 3.8) is 0 Å². The summed E-state index contributed by atoms with van der Waals surface area (Å²) in [6.07, 6.45) is 10.2. The summed E-state index contributed by atoms with van der Waals surface area (Å²) in [6, 6.07) is 8.41. The number of nitrogens with zero attached hydrogens (tertiary/aromatic N) is 7. The summed E-state index contributed by atoms with van der Waals surface area (Å²) in [4.78, 5) is 31.5. The number of allylic oxidation sites excluding steroid dienone is 1. The van der Waals surface area contributed by atoms with Crippen LogP contribution in [0.2, 0.25) is 0 Å². The largest absolute Gasteiger partial charge is 0.476 e. The number of rotatable bonds is 15. The highest BCUT2D eigenvalue weighted by molar-refractivity contribution is 7.22. The van der Waals surface area contributed by atoms with Gasteiger partial charge >= 0.3 is 5.97 Å². The molecule has 13 nitrogen and oxygen atoms in total. The zero-order chi connectivity index (χ0) is 41.7. The Kier molecular flexibility index (Phi) is 11.0. The van der Waals surface area contributed by atoms with Crippen molar-refractivity contribution in [1.82, 2.24) is 25.1 Å². The number of benzene rings is 1. The molecule has 1 aromatic carbocycles. The average Bonchev–Trinajstić information content (AvgIpc) is 3.60. The molecule has 4 aliphatic carbocycles. The molecule has 0 radical (unpaired) electrons. The summed E-state index contributed by atoms with van der Waals surface area (Å²) < 4.78 is 21.7. The lowest BCUT2D eigenvalue weighted by Crippen LogP contribution is -2.64. The second-order valence-electron chi connectivity index (χ2n) is 18.4. The van der Waals surface area contributed by atoms with Gasteiger partial charge in [-0.2, -0.15) is 0 Å². The normalized spacial score (nSPS) is 26.5. The summed E-state index contributed by atoms with van der Waals surface area (Å²) in [5.41, 5.74) is 10.4. The number of aliphatic hydroxyl groups is 1. The summed E-state index contributed by atoms with van der Waals surface area (Å²) >= 11 is 1.22. The molecular weight excluding hydrogens is 770 g/mol. The van der Waals surface area contributed by atoms with Crippen LogP contribution in [-0.2, 0) is 11.2 Å². The SMILES string of the molecule is CC(=NCC12CC3(C)CC(C)(C1)CC(OCCN(C)CCCO)(C3)C2)C(=CN)c1ccc(N2CCCc3c2nnc(Nc2nc4cccc(F)c4s2)c3C)nc1C(=O)O. The number of aliphatic imine (C=N–C) groups is 1. The second kappa shape index (κ2) is 15.8. The van der Waals surface area contributed by atoms with Crippen molar-refractivity contribution in [2.45, 2.75) is 91.1 Å². The Morgan fingerprint density at radius 1 is 1.10 bits per heavy atom. The first-order valence-corrected chi connectivity index (χ1v) is 21.6. The number of aliphatic hydroxyl groups excluding tert-OH is 1. The highest BCUT2D eigenvalue weighted by Crippen LogP contribution is 2.71. The third kappa shape index (κ3) is 8.06. The molecule has 0 amide bonds. The molecule has 2 unspecified atom stereocenters. The third-order valence-electron chi connectivity index (χ3n) is 13.1. The standard InChI is InChI=1S/C44H56FN9O4S/c1-27-29-9-7-15-54(38(29)52-51-37(27)50-40-48-33-11-6-10-32(45)36(33)59-40)34-13-12-30(35(49-34)39(56)57)31(19-46)28(2)47-26-43-21-41(3)20-42(4,22-43)24-44(23-41,25-43)58-18-16-53(5)14-8-17-55/h6,10-13,19,55H,7-9,14-18,20-26,46H2,1-5H3,(H,56,57)(H,48,50,51). The number of hydrogen-bond donors (Lipinski definition) is 4. The van der Waals surface area contributed by atoms with Gasteiger partial charge < -0.3 is 35.8 Å². The second-order valence-corrected chi connectivity index (χ2v) is 19.4. The van der Waals surface area contributed by atoms with Crippen LogP contribution in [0.1, 0.15) is 99.3 Å². The van der Waals surface area contributed by atoms with Gasteiger partial charge in [0.1, 0.15) is 11.6 Å². The molecule has 0 spiro atoms. The maximum Gasteiger partial charge on any atom is 0.355 e. The molecule has 4 heterocycles. The lowest BCUT2D eigenvalue weighted by atomic mass is 9.39. The number of halogens is 1. The molecule has 3 aromatic heterocycles. The fourth-order valence-electron chi connectivity index (χ4n) is 11.8. The molecule has 4 bridgehead atoms. The Labute approximate surface area is 349 Å². The number of carbonyl (C=O) groups is 1. The van der Waals surface area contributed by atoms with Crippen molar-refractivity contribution in [1.29, 1.82) is 0 Å². The smallest absolute Gasteiger partial charge is 0.355 e. The van der Waals surface area contributed by atoms with E-state index in [1.54, 1.807) is 18.2 Å². The van der Waals surface area contributed by atoms with Crippen LogP contribution in [0.4, 0.5) is 27.0 Å². The van der Waals surface area contributed by atoms with E-state index >= 15 is 0 Å². The number of ether oxygens (including phenoxy) is 1. The third-order valence-corrected chi connectivity index (χ3v) is 14.1. The highest BCUT2D eigenvalue weighted by Gasteiger charge is 2.66. The van der Waals surface area contributed by atoms with E-state index in [2.05, 4.69) is 46.3 Å². The first kappa shape index (κ1) is 41.2. The lowest BCUT2D eigenvalue weighted by Gasteiger charge is -2.69. The number of anilines is 4. The van der Waals surface area contributed by atoms with Gasteiger partial charge in [-0.15, -0.1) is 10.2 Å². The van der Waals surface area contributed by atoms with Crippen LogP contribution in [0.25, 0.3) is 15.8 Å². The van der Waals surface area contributed by atoms with Gasteiger partial charge in [0.2, 0.25) is 0 Å². The van der Waals surface area contributed by atoms with Gasteiger partial charge in [-0.05, 0) is 119 Å². The fraction of sp³-hybridized carbons (Fsp3) is 0.545. The number of likely N-dealkylation sites (N-methyl/N-ethyl adjacent to an activating group) is 1. The van der Waals surface area contributed by atoms with Gasteiger partial charge in [-0.1, -0.05) is 31.3 Å². The molecule has 59 heavy (non-hydrogen) atoms. The van der Waals surface area contributed by atoms with Gasteiger partial charge in [0, 0.05) is 67.0 Å². The maximum atomic E-state index is 14.4. The van der Waals surface area contributed by atoms with Crippen LogP contribution in [0.5, 0.6) is 0 Å². The first-order chi connectivity index (χ1) is 28.2. The summed E-state index contributed by atoms with van der Waals surface area (Å²) in [5.74, 6) is 0.120. The molecular formula is C44H56FN9O4S. The van der Waals surface area contributed by atoms with Gasteiger partial charge in [0.05, 0.1) is 22.4 Å².